The van der Waals surface area contributed by atoms with Crippen molar-refractivity contribution in [3.63, 3.8) is 0 Å². The second-order valence-corrected chi connectivity index (χ2v) is 12.0. The number of aliphatic hydroxyl groups is 1. The molecule has 2 aromatic rings. The lowest BCUT2D eigenvalue weighted by Crippen LogP contribution is -2.52. The molecule has 2 saturated carbocycles. The Morgan fingerprint density at radius 1 is 1.18 bits per heavy atom. The third-order valence-electron chi connectivity index (χ3n) is 7.89. The average Bonchev–Trinajstić information content (AvgIpc) is 3.48. The lowest BCUT2D eigenvalue weighted by atomic mass is 9.80. The average molecular weight is 487 g/mol. The van der Waals surface area contributed by atoms with E-state index in [4.69, 9.17) is 0 Å². The maximum atomic E-state index is 15.7. The second-order valence-electron chi connectivity index (χ2n) is 10.2. The third kappa shape index (κ3) is 4.39. The molecule has 1 saturated heterocycles. The zero-order valence-corrected chi connectivity index (χ0v) is 20.1. The Morgan fingerprint density at radius 2 is 1.88 bits per heavy atom. The van der Waals surface area contributed by atoms with E-state index in [1.165, 1.54) is 0 Å². The summed E-state index contributed by atoms with van der Waals surface area (Å²) in [7, 11) is -3.55. The molecule has 0 bridgehead atoms. The molecule has 182 valence electrons. The molecule has 1 heterocycles. The number of likely N-dealkylation sites (tertiary alicyclic amines) is 1. The minimum Gasteiger partial charge on any atom is -0.383 e. The molecular weight excluding hydrogens is 455 g/mol. The first kappa shape index (κ1) is 23.5. The fraction of sp³-hybridized carbons (Fsp3) is 0.500. The maximum Gasteiger partial charge on any atom is 0.252 e. The van der Waals surface area contributed by atoms with E-state index in [1.807, 2.05) is 30.3 Å². The first-order valence-corrected chi connectivity index (χ1v) is 13.9. The molecule has 1 amide bonds. The Kier molecular flexibility index (Phi) is 6.02. The van der Waals surface area contributed by atoms with Gasteiger partial charge in [0.15, 0.2) is 0 Å². The molecule has 5 rings (SSSR count). The van der Waals surface area contributed by atoms with Crippen molar-refractivity contribution in [2.45, 2.75) is 56.7 Å². The summed E-state index contributed by atoms with van der Waals surface area (Å²) in [6.45, 7) is 0.382. The molecule has 2 aliphatic carbocycles. The molecule has 1 aliphatic heterocycles. The minimum absolute atomic E-state index is 0.0524. The highest BCUT2D eigenvalue weighted by molar-refractivity contribution is 7.88. The largest absolute Gasteiger partial charge is 0.383 e. The van der Waals surface area contributed by atoms with Crippen LogP contribution in [0.25, 0.3) is 11.1 Å². The highest BCUT2D eigenvalue weighted by Crippen LogP contribution is 2.56. The predicted octanol–water partition coefficient (Wildman–Crippen LogP) is 3.11. The van der Waals surface area contributed by atoms with E-state index in [0.29, 0.717) is 17.7 Å². The van der Waals surface area contributed by atoms with Crippen molar-refractivity contribution in [1.29, 1.82) is 0 Å². The number of halogens is 1. The highest BCUT2D eigenvalue weighted by atomic mass is 32.2. The van der Waals surface area contributed by atoms with Gasteiger partial charge in [-0.1, -0.05) is 55.0 Å². The first-order chi connectivity index (χ1) is 16.2. The Morgan fingerprint density at radius 3 is 2.47 bits per heavy atom. The van der Waals surface area contributed by atoms with Crippen molar-refractivity contribution in [3.8, 4) is 11.1 Å². The SMILES string of the molecule is CS(=O)(=O)NC1C(Cc2cccc(-c3ccccc3)c2F)N(C(=O)[C@@H](O)C2CCC2)CC12CC2. The molecule has 1 spiro atoms. The number of rotatable bonds is 7. The van der Waals surface area contributed by atoms with E-state index in [-0.39, 0.29) is 29.5 Å². The summed E-state index contributed by atoms with van der Waals surface area (Å²) in [5, 5.41) is 10.7. The smallest absolute Gasteiger partial charge is 0.252 e. The Balaban J connectivity index is 1.50. The van der Waals surface area contributed by atoms with Gasteiger partial charge in [0, 0.05) is 23.6 Å². The molecule has 34 heavy (non-hydrogen) atoms. The Bertz CT molecular complexity index is 1180. The quantitative estimate of drug-likeness (QED) is 0.630. The fourth-order valence-electron chi connectivity index (χ4n) is 5.61. The van der Waals surface area contributed by atoms with Crippen molar-refractivity contribution in [1.82, 2.24) is 9.62 Å². The number of nitrogens with one attached hydrogen (secondary N) is 1. The summed E-state index contributed by atoms with van der Waals surface area (Å²) in [6.07, 6.45) is 4.42. The Hall–Kier alpha value is -2.29. The van der Waals surface area contributed by atoms with Crippen molar-refractivity contribution in [2.75, 3.05) is 12.8 Å². The zero-order chi connectivity index (χ0) is 24.1. The molecule has 0 radical (unpaired) electrons. The van der Waals surface area contributed by atoms with Crippen molar-refractivity contribution in [2.24, 2.45) is 11.3 Å². The lowest BCUT2D eigenvalue weighted by Gasteiger charge is -2.35. The van der Waals surface area contributed by atoms with Gasteiger partial charge in [-0.2, -0.15) is 0 Å². The van der Waals surface area contributed by atoms with E-state index in [1.54, 1.807) is 23.1 Å². The highest BCUT2D eigenvalue weighted by Gasteiger charge is 2.61. The molecular formula is C26H31FN2O4S. The number of sulfonamides is 1. The van der Waals surface area contributed by atoms with Gasteiger partial charge in [0.2, 0.25) is 10.0 Å². The fourth-order valence-corrected chi connectivity index (χ4v) is 6.48. The summed E-state index contributed by atoms with van der Waals surface area (Å²) in [4.78, 5) is 15.0. The molecule has 3 atom stereocenters. The van der Waals surface area contributed by atoms with Gasteiger partial charge in [-0.05, 0) is 49.1 Å². The van der Waals surface area contributed by atoms with Crippen LogP contribution in [0.2, 0.25) is 0 Å². The molecule has 6 nitrogen and oxygen atoms in total. The van der Waals surface area contributed by atoms with Gasteiger partial charge in [-0.3, -0.25) is 4.79 Å². The van der Waals surface area contributed by atoms with Crippen LogP contribution in [-0.4, -0.2) is 55.3 Å². The number of hydrogen-bond acceptors (Lipinski definition) is 4. The number of aliphatic hydroxyl groups excluding tert-OH is 1. The van der Waals surface area contributed by atoms with Crippen molar-refractivity contribution in [3.05, 3.63) is 59.9 Å². The van der Waals surface area contributed by atoms with Gasteiger partial charge < -0.3 is 10.0 Å². The summed E-state index contributed by atoms with van der Waals surface area (Å²) in [5.74, 6) is -0.780. The number of nitrogens with zero attached hydrogens (tertiary/aromatic N) is 1. The minimum atomic E-state index is -3.55. The number of carbonyl (C=O) groups excluding carboxylic acids is 1. The van der Waals surface area contributed by atoms with Crippen LogP contribution in [0.15, 0.2) is 48.5 Å². The van der Waals surface area contributed by atoms with Crippen molar-refractivity contribution < 1.29 is 22.7 Å². The van der Waals surface area contributed by atoms with Crippen LogP contribution in [-0.2, 0) is 21.2 Å². The van der Waals surface area contributed by atoms with Crippen LogP contribution >= 0.6 is 0 Å². The normalized spacial score (nSPS) is 24.7. The molecule has 2 N–H and O–H groups in total. The van der Waals surface area contributed by atoms with E-state index in [9.17, 15) is 18.3 Å². The number of carbonyl (C=O) groups is 1. The van der Waals surface area contributed by atoms with E-state index in [2.05, 4.69) is 4.72 Å². The Labute approximate surface area is 200 Å². The maximum absolute atomic E-state index is 15.7. The van der Waals surface area contributed by atoms with Crippen LogP contribution in [0, 0.1) is 17.2 Å². The first-order valence-electron chi connectivity index (χ1n) is 12.0. The van der Waals surface area contributed by atoms with Crippen LogP contribution in [0.1, 0.15) is 37.7 Å². The van der Waals surface area contributed by atoms with Crippen LogP contribution in [0.3, 0.4) is 0 Å². The van der Waals surface area contributed by atoms with E-state index < -0.39 is 28.2 Å². The molecule has 0 aromatic heterocycles. The van der Waals surface area contributed by atoms with Crippen LogP contribution < -0.4 is 4.72 Å². The molecule has 2 unspecified atom stereocenters. The predicted molar refractivity (Wildman–Crippen MR) is 128 cm³/mol. The van der Waals surface area contributed by atoms with Gasteiger partial charge in [-0.25, -0.2) is 17.5 Å². The standard InChI is InChI=1S/C26H31FN2O4S/c1-34(32,33)28-24-21(15-19-11-6-12-20(22(19)27)17-7-3-2-4-8-17)29(16-26(24)13-14-26)25(31)23(30)18-9-5-10-18/h2-4,6-8,11-12,18,21,23-24,28,30H,5,9-10,13-16H2,1H3/t21?,23-,24?/m0/s1. The van der Waals surface area contributed by atoms with Crippen LogP contribution in [0.5, 0.6) is 0 Å². The van der Waals surface area contributed by atoms with Gasteiger partial charge in [0.1, 0.15) is 11.9 Å². The zero-order valence-electron chi connectivity index (χ0n) is 19.3. The molecule has 3 aliphatic rings. The number of benzene rings is 2. The van der Waals surface area contributed by atoms with Gasteiger partial charge in [0.25, 0.3) is 5.91 Å². The summed E-state index contributed by atoms with van der Waals surface area (Å²) < 4.78 is 42.9. The molecule has 8 heteroatoms. The monoisotopic (exact) mass is 486 g/mol. The summed E-state index contributed by atoms with van der Waals surface area (Å²) in [5.41, 5.74) is 1.31. The van der Waals surface area contributed by atoms with Crippen molar-refractivity contribution >= 4 is 15.9 Å². The molecule has 2 aromatic carbocycles. The number of hydrogen-bond donors (Lipinski definition) is 2. The van der Waals surface area contributed by atoms with Crippen LogP contribution in [0.4, 0.5) is 4.39 Å². The van der Waals surface area contributed by atoms with E-state index >= 15 is 4.39 Å². The summed E-state index contributed by atoms with van der Waals surface area (Å²) in [6, 6.07) is 13.4. The lowest BCUT2D eigenvalue weighted by molar-refractivity contribution is -0.146. The topological polar surface area (TPSA) is 86.7 Å². The molecule has 3 fully saturated rings. The number of amides is 1. The van der Waals surface area contributed by atoms with Gasteiger partial charge >= 0.3 is 0 Å². The van der Waals surface area contributed by atoms with Gasteiger partial charge in [0.05, 0.1) is 12.3 Å². The second kappa shape index (κ2) is 8.73. The van der Waals surface area contributed by atoms with E-state index in [0.717, 1.165) is 43.9 Å². The summed E-state index contributed by atoms with van der Waals surface area (Å²) >= 11 is 0. The third-order valence-corrected chi connectivity index (χ3v) is 8.57. The van der Waals surface area contributed by atoms with Gasteiger partial charge in [-0.15, -0.1) is 0 Å².